The minimum absolute atomic E-state index is 0.0632. The topological polar surface area (TPSA) is 110 Å². The van der Waals surface area contributed by atoms with Crippen LogP contribution in [0.25, 0.3) is 0 Å². The molecule has 0 amide bonds. The first-order valence-corrected chi connectivity index (χ1v) is 9.62. The summed E-state index contributed by atoms with van der Waals surface area (Å²) in [6, 6.07) is 21.1. The fourth-order valence-corrected chi connectivity index (χ4v) is 3.98. The second-order valence-corrected chi connectivity index (χ2v) is 7.43. The maximum Gasteiger partial charge on any atom is 0.335 e. The summed E-state index contributed by atoms with van der Waals surface area (Å²) in [5.74, 6) is -0.782. The minimum Gasteiger partial charge on any atom is -0.480 e. The third-order valence-corrected chi connectivity index (χ3v) is 5.66. The zero-order chi connectivity index (χ0) is 21.3. The van der Waals surface area contributed by atoms with Gasteiger partial charge < -0.3 is 20.7 Å². The van der Waals surface area contributed by atoms with Gasteiger partial charge in [-0.1, -0.05) is 48.5 Å². The Labute approximate surface area is 173 Å². The molecule has 4 N–H and O–H groups in total. The molecule has 3 aromatic carbocycles. The number of ether oxygens (including phenoxy) is 1. The van der Waals surface area contributed by atoms with Gasteiger partial charge in [0.1, 0.15) is 17.0 Å². The third-order valence-electron chi connectivity index (χ3n) is 5.66. The number of carboxylic acids is 2. The van der Waals surface area contributed by atoms with E-state index in [4.69, 9.17) is 15.6 Å². The maximum atomic E-state index is 12.1. The Morgan fingerprint density at radius 2 is 1.40 bits per heavy atom. The average Bonchev–Trinajstić information content (AvgIpc) is 2.76. The van der Waals surface area contributed by atoms with E-state index in [2.05, 4.69) is 0 Å². The molecular weight excluding hydrogens is 382 g/mol. The molecule has 4 rings (SSSR count). The molecule has 1 atom stereocenters. The first-order chi connectivity index (χ1) is 14.4. The normalized spacial score (nSPS) is 14.7. The molecule has 0 saturated carbocycles. The van der Waals surface area contributed by atoms with Crippen LogP contribution in [0.15, 0.2) is 72.8 Å². The van der Waals surface area contributed by atoms with Gasteiger partial charge in [-0.2, -0.15) is 0 Å². The van der Waals surface area contributed by atoms with Crippen molar-refractivity contribution in [3.8, 4) is 11.5 Å². The van der Waals surface area contributed by atoms with Crippen LogP contribution in [0.5, 0.6) is 11.5 Å². The predicted octanol–water partition coefficient (Wildman–Crippen LogP) is 4.34. The molecule has 0 spiro atoms. The van der Waals surface area contributed by atoms with Crippen molar-refractivity contribution >= 4 is 11.9 Å². The predicted molar refractivity (Wildman–Crippen MR) is 111 cm³/mol. The van der Waals surface area contributed by atoms with Crippen molar-refractivity contribution in [1.82, 2.24) is 0 Å². The molecule has 6 nitrogen and oxygen atoms in total. The Morgan fingerprint density at radius 1 is 0.867 bits per heavy atom. The summed E-state index contributed by atoms with van der Waals surface area (Å²) in [7, 11) is 0. The quantitative estimate of drug-likeness (QED) is 0.565. The monoisotopic (exact) mass is 403 g/mol. The van der Waals surface area contributed by atoms with Gasteiger partial charge in [-0.3, -0.25) is 0 Å². The molecule has 6 heteroatoms. The summed E-state index contributed by atoms with van der Waals surface area (Å²) in [6.45, 7) is 0. The molecular formula is C24H21NO5. The molecule has 0 fully saturated rings. The van der Waals surface area contributed by atoms with E-state index in [1.807, 2.05) is 48.5 Å². The summed E-state index contributed by atoms with van der Waals surface area (Å²) >= 11 is 0. The number of fused-ring (bicyclic) bond motifs is 2. The number of aliphatic carboxylic acids is 1. The van der Waals surface area contributed by atoms with Crippen molar-refractivity contribution in [3.05, 3.63) is 95.1 Å². The highest BCUT2D eigenvalue weighted by Crippen LogP contribution is 2.46. The number of hydrogen-bond acceptors (Lipinski definition) is 4. The van der Waals surface area contributed by atoms with Crippen LogP contribution in [0.1, 0.15) is 45.8 Å². The molecule has 1 aliphatic rings. The fraction of sp³-hybridized carbons (Fsp3) is 0.167. The third kappa shape index (κ3) is 3.42. The van der Waals surface area contributed by atoms with E-state index in [1.54, 1.807) is 0 Å². The van der Waals surface area contributed by atoms with Crippen molar-refractivity contribution in [2.24, 2.45) is 5.73 Å². The molecule has 1 heterocycles. The van der Waals surface area contributed by atoms with Gasteiger partial charge in [0, 0.05) is 17.0 Å². The smallest absolute Gasteiger partial charge is 0.335 e. The Balaban J connectivity index is 1.67. The summed E-state index contributed by atoms with van der Waals surface area (Å²) < 4.78 is 6.00. The number of carbonyl (C=O) groups is 2. The molecule has 1 unspecified atom stereocenters. The lowest BCUT2D eigenvalue weighted by Gasteiger charge is -2.31. The van der Waals surface area contributed by atoms with Gasteiger partial charge >= 0.3 is 11.9 Å². The van der Waals surface area contributed by atoms with E-state index in [9.17, 15) is 14.7 Å². The van der Waals surface area contributed by atoms with Gasteiger partial charge in [0.2, 0.25) is 0 Å². The number of hydrogen-bond donors (Lipinski definition) is 3. The van der Waals surface area contributed by atoms with Gasteiger partial charge in [-0.25, -0.2) is 9.59 Å². The van der Waals surface area contributed by atoms with Gasteiger partial charge in [0.15, 0.2) is 0 Å². The molecule has 0 bridgehead atoms. The summed E-state index contributed by atoms with van der Waals surface area (Å²) in [6.07, 6.45) is 0.656. The molecule has 0 radical (unpaired) electrons. The van der Waals surface area contributed by atoms with Crippen LogP contribution in [-0.4, -0.2) is 22.2 Å². The first kappa shape index (κ1) is 19.7. The second kappa shape index (κ2) is 7.65. The first-order valence-electron chi connectivity index (χ1n) is 9.62. The highest BCUT2D eigenvalue weighted by atomic mass is 16.5. The molecule has 0 saturated heterocycles. The number of benzene rings is 3. The standard InChI is InChI=1S/C24H21NO5/c25-24(23(28)29,16-11-9-15(10-12-16)22(26)27)14-13-17-18-5-1-3-7-20(18)30-21-8-4-2-6-19(17)21/h1-12,17H,13-14,25H2,(H,26,27)(H,28,29). The lowest BCUT2D eigenvalue weighted by atomic mass is 9.78. The number of carboxylic acid groups (broad SMARTS) is 2. The number of nitrogens with two attached hydrogens (primary N) is 1. The van der Waals surface area contributed by atoms with Crippen molar-refractivity contribution in [2.75, 3.05) is 0 Å². The van der Waals surface area contributed by atoms with Crippen LogP contribution in [0.4, 0.5) is 0 Å². The van der Waals surface area contributed by atoms with Crippen molar-refractivity contribution < 1.29 is 24.5 Å². The number of aromatic carboxylic acids is 1. The van der Waals surface area contributed by atoms with Crippen LogP contribution in [-0.2, 0) is 10.3 Å². The number of para-hydroxylation sites is 2. The van der Waals surface area contributed by atoms with E-state index in [1.165, 1.54) is 24.3 Å². The molecule has 30 heavy (non-hydrogen) atoms. The Morgan fingerprint density at radius 3 is 1.90 bits per heavy atom. The van der Waals surface area contributed by atoms with Crippen LogP contribution in [0.2, 0.25) is 0 Å². The van der Waals surface area contributed by atoms with Crippen molar-refractivity contribution in [2.45, 2.75) is 24.3 Å². The second-order valence-electron chi connectivity index (χ2n) is 7.43. The van der Waals surface area contributed by atoms with Crippen molar-refractivity contribution in [1.29, 1.82) is 0 Å². The Hall–Kier alpha value is -3.64. The van der Waals surface area contributed by atoms with Crippen LogP contribution in [0, 0.1) is 0 Å². The lowest BCUT2D eigenvalue weighted by Crippen LogP contribution is -2.45. The molecule has 0 aromatic heterocycles. The minimum atomic E-state index is -1.64. The highest BCUT2D eigenvalue weighted by molar-refractivity contribution is 5.88. The molecule has 0 aliphatic carbocycles. The van der Waals surface area contributed by atoms with E-state index in [0.29, 0.717) is 12.0 Å². The van der Waals surface area contributed by atoms with Gasteiger partial charge in [0.25, 0.3) is 0 Å². The van der Waals surface area contributed by atoms with Gasteiger partial charge in [-0.05, 0) is 42.7 Å². The van der Waals surface area contributed by atoms with E-state index in [0.717, 1.165) is 22.6 Å². The maximum absolute atomic E-state index is 12.1. The summed E-state index contributed by atoms with van der Waals surface area (Å²) in [5, 5.41) is 19.0. The van der Waals surface area contributed by atoms with Gasteiger partial charge in [-0.15, -0.1) is 0 Å². The van der Waals surface area contributed by atoms with E-state index < -0.39 is 17.5 Å². The van der Waals surface area contributed by atoms with Crippen LogP contribution >= 0.6 is 0 Å². The van der Waals surface area contributed by atoms with E-state index in [-0.39, 0.29) is 17.9 Å². The number of rotatable bonds is 6. The SMILES string of the molecule is NC(CCC1c2ccccc2Oc2ccccc21)(C(=O)O)c1ccc(C(=O)O)cc1. The largest absolute Gasteiger partial charge is 0.480 e. The molecule has 1 aliphatic heterocycles. The van der Waals surface area contributed by atoms with Crippen LogP contribution < -0.4 is 10.5 Å². The lowest BCUT2D eigenvalue weighted by molar-refractivity contribution is -0.144. The molecule has 3 aromatic rings. The average molecular weight is 403 g/mol. The van der Waals surface area contributed by atoms with E-state index >= 15 is 0 Å². The Bertz CT molecular complexity index is 1060. The zero-order valence-electron chi connectivity index (χ0n) is 16.1. The molecule has 152 valence electrons. The summed E-state index contributed by atoms with van der Waals surface area (Å²) in [4.78, 5) is 23.2. The Kier molecular flexibility index (Phi) is 5.01. The van der Waals surface area contributed by atoms with Crippen molar-refractivity contribution in [3.63, 3.8) is 0 Å². The zero-order valence-corrected chi connectivity index (χ0v) is 16.1. The van der Waals surface area contributed by atoms with Gasteiger partial charge in [0.05, 0.1) is 5.56 Å². The van der Waals surface area contributed by atoms with Crippen LogP contribution in [0.3, 0.4) is 0 Å². The summed E-state index contributed by atoms with van der Waals surface area (Å²) in [5.41, 5.74) is 7.16. The highest BCUT2D eigenvalue weighted by Gasteiger charge is 2.38. The fourth-order valence-electron chi connectivity index (χ4n) is 3.98.